The Balaban J connectivity index is 2.10. The van der Waals surface area contributed by atoms with Crippen LogP contribution in [0.15, 0.2) is 18.2 Å². The summed E-state index contributed by atoms with van der Waals surface area (Å²) in [6.45, 7) is 2.55. The smallest absolute Gasteiger partial charge is 0.123 e. The summed E-state index contributed by atoms with van der Waals surface area (Å²) in [7, 11) is 1.60. The summed E-state index contributed by atoms with van der Waals surface area (Å²) >= 11 is 0. The lowest BCUT2D eigenvalue weighted by Crippen LogP contribution is -2.26. The summed E-state index contributed by atoms with van der Waals surface area (Å²) in [5, 5.41) is 0. The minimum atomic E-state index is -0.223. The zero-order chi connectivity index (χ0) is 11.5. The van der Waals surface area contributed by atoms with Crippen LogP contribution in [0, 0.1) is 5.82 Å². The standard InChI is InChI=1S/C12H17FN2O/c1-16-12-3-2-10(13)6-9(12)7-15-5-4-11(14)8-15/h2-3,6,11H,4-5,7-8,14H2,1H3/t11-/m1/s1. The van der Waals surface area contributed by atoms with Gasteiger partial charge in [0.15, 0.2) is 0 Å². The van der Waals surface area contributed by atoms with E-state index >= 15 is 0 Å². The van der Waals surface area contributed by atoms with E-state index in [1.165, 1.54) is 12.1 Å². The van der Waals surface area contributed by atoms with Crippen molar-refractivity contribution in [1.82, 2.24) is 4.90 Å². The van der Waals surface area contributed by atoms with Crippen molar-refractivity contribution in [3.63, 3.8) is 0 Å². The molecule has 88 valence electrons. The van der Waals surface area contributed by atoms with Gasteiger partial charge < -0.3 is 10.5 Å². The molecule has 0 aromatic heterocycles. The van der Waals surface area contributed by atoms with Crippen molar-refractivity contribution in [3.8, 4) is 5.75 Å². The number of hydrogen-bond acceptors (Lipinski definition) is 3. The summed E-state index contributed by atoms with van der Waals surface area (Å²) in [5.41, 5.74) is 6.72. The van der Waals surface area contributed by atoms with Crippen molar-refractivity contribution in [3.05, 3.63) is 29.6 Å². The number of halogens is 1. The summed E-state index contributed by atoms with van der Waals surface area (Å²) in [4.78, 5) is 2.22. The molecule has 0 radical (unpaired) electrons. The highest BCUT2D eigenvalue weighted by Gasteiger charge is 2.20. The topological polar surface area (TPSA) is 38.5 Å². The molecular formula is C12H17FN2O. The van der Waals surface area contributed by atoms with Gasteiger partial charge in [-0.15, -0.1) is 0 Å². The van der Waals surface area contributed by atoms with Crippen LogP contribution in [0.3, 0.4) is 0 Å². The van der Waals surface area contributed by atoms with E-state index in [1.54, 1.807) is 13.2 Å². The number of nitrogens with zero attached hydrogens (tertiary/aromatic N) is 1. The van der Waals surface area contributed by atoms with Crippen LogP contribution < -0.4 is 10.5 Å². The predicted octanol–water partition coefficient (Wildman–Crippen LogP) is 1.37. The van der Waals surface area contributed by atoms with Gasteiger partial charge in [-0.3, -0.25) is 4.90 Å². The van der Waals surface area contributed by atoms with Gasteiger partial charge >= 0.3 is 0 Å². The number of likely N-dealkylation sites (tertiary alicyclic amines) is 1. The zero-order valence-corrected chi connectivity index (χ0v) is 9.45. The maximum absolute atomic E-state index is 13.1. The number of rotatable bonds is 3. The number of ether oxygens (including phenoxy) is 1. The van der Waals surface area contributed by atoms with Crippen molar-refractivity contribution in [2.24, 2.45) is 5.73 Å². The third-order valence-electron chi connectivity index (χ3n) is 2.95. The molecule has 1 fully saturated rings. The van der Waals surface area contributed by atoms with Crippen molar-refractivity contribution in [1.29, 1.82) is 0 Å². The van der Waals surface area contributed by atoms with E-state index in [-0.39, 0.29) is 11.9 Å². The van der Waals surface area contributed by atoms with Gasteiger partial charge in [0.05, 0.1) is 7.11 Å². The fourth-order valence-electron chi connectivity index (χ4n) is 2.12. The maximum atomic E-state index is 13.1. The highest BCUT2D eigenvalue weighted by Crippen LogP contribution is 2.22. The van der Waals surface area contributed by atoms with Gasteiger partial charge in [0, 0.05) is 31.2 Å². The molecule has 0 saturated carbocycles. The summed E-state index contributed by atoms with van der Waals surface area (Å²) in [5.74, 6) is 0.515. The molecule has 1 aromatic rings. The number of nitrogens with two attached hydrogens (primary N) is 1. The fourth-order valence-corrected chi connectivity index (χ4v) is 2.12. The Morgan fingerprint density at radius 2 is 2.38 bits per heavy atom. The quantitative estimate of drug-likeness (QED) is 0.842. The third kappa shape index (κ3) is 2.51. The zero-order valence-electron chi connectivity index (χ0n) is 9.45. The van der Waals surface area contributed by atoms with Crippen LogP contribution in [0.5, 0.6) is 5.75 Å². The van der Waals surface area contributed by atoms with E-state index in [0.717, 1.165) is 30.8 Å². The molecule has 0 aliphatic carbocycles. The molecular weight excluding hydrogens is 207 g/mol. The summed E-state index contributed by atoms with van der Waals surface area (Å²) in [6.07, 6.45) is 1.01. The second-order valence-electron chi connectivity index (χ2n) is 4.24. The van der Waals surface area contributed by atoms with Crippen LogP contribution in [0.25, 0.3) is 0 Å². The van der Waals surface area contributed by atoms with Crippen LogP contribution in [-0.2, 0) is 6.54 Å². The van der Waals surface area contributed by atoms with E-state index in [9.17, 15) is 4.39 Å². The number of benzene rings is 1. The molecule has 1 aliphatic heterocycles. The van der Waals surface area contributed by atoms with Crippen LogP contribution >= 0.6 is 0 Å². The maximum Gasteiger partial charge on any atom is 0.123 e. The first-order valence-corrected chi connectivity index (χ1v) is 5.49. The molecule has 3 nitrogen and oxygen atoms in total. The lowest BCUT2D eigenvalue weighted by Gasteiger charge is -2.17. The van der Waals surface area contributed by atoms with Crippen molar-refractivity contribution in [2.75, 3.05) is 20.2 Å². The molecule has 1 atom stereocenters. The Hall–Kier alpha value is -1.13. The summed E-state index contributed by atoms with van der Waals surface area (Å²) in [6, 6.07) is 4.86. The van der Waals surface area contributed by atoms with E-state index in [4.69, 9.17) is 10.5 Å². The molecule has 1 aliphatic rings. The predicted molar refractivity (Wildman–Crippen MR) is 60.8 cm³/mol. The molecule has 0 amide bonds. The molecule has 0 bridgehead atoms. The Bertz CT molecular complexity index is 370. The molecule has 0 unspecified atom stereocenters. The summed E-state index contributed by atoms with van der Waals surface area (Å²) < 4.78 is 18.3. The van der Waals surface area contributed by atoms with Gasteiger partial charge in [0.2, 0.25) is 0 Å². The minimum absolute atomic E-state index is 0.223. The van der Waals surface area contributed by atoms with Crippen LogP contribution in [0.2, 0.25) is 0 Å². The molecule has 1 heterocycles. The largest absolute Gasteiger partial charge is 0.496 e. The first kappa shape index (κ1) is 11.4. The second kappa shape index (κ2) is 4.80. The van der Waals surface area contributed by atoms with Crippen LogP contribution in [0.4, 0.5) is 4.39 Å². The van der Waals surface area contributed by atoms with E-state index < -0.39 is 0 Å². The SMILES string of the molecule is COc1ccc(F)cc1CN1CC[C@@H](N)C1. The average molecular weight is 224 g/mol. The van der Waals surface area contributed by atoms with Crippen LogP contribution in [-0.4, -0.2) is 31.1 Å². The monoisotopic (exact) mass is 224 g/mol. The number of hydrogen-bond donors (Lipinski definition) is 1. The first-order chi connectivity index (χ1) is 7.69. The van der Waals surface area contributed by atoms with Gasteiger partial charge in [-0.25, -0.2) is 4.39 Å². The van der Waals surface area contributed by atoms with E-state index in [2.05, 4.69) is 4.90 Å². The molecule has 16 heavy (non-hydrogen) atoms. The molecule has 1 aromatic carbocycles. The highest BCUT2D eigenvalue weighted by atomic mass is 19.1. The fraction of sp³-hybridized carbons (Fsp3) is 0.500. The second-order valence-corrected chi connectivity index (χ2v) is 4.24. The average Bonchev–Trinajstić information content (AvgIpc) is 2.64. The first-order valence-electron chi connectivity index (χ1n) is 5.49. The van der Waals surface area contributed by atoms with Crippen molar-refractivity contribution >= 4 is 0 Å². The molecule has 2 N–H and O–H groups in total. The van der Waals surface area contributed by atoms with Crippen molar-refractivity contribution < 1.29 is 9.13 Å². The Labute approximate surface area is 95.0 Å². The lowest BCUT2D eigenvalue weighted by molar-refractivity contribution is 0.316. The normalized spacial score (nSPS) is 21.3. The minimum Gasteiger partial charge on any atom is -0.496 e. The van der Waals surface area contributed by atoms with Crippen molar-refractivity contribution in [2.45, 2.75) is 19.0 Å². The Kier molecular flexibility index (Phi) is 3.41. The lowest BCUT2D eigenvalue weighted by atomic mass is 10.2. The molecule has 1 saturated heterocycles. The van der Waals surface area contributed by atoms with E-state index in [0.29, 0.717) is 6.54 Å². The van der Waals surface area contributed by atoms with Gasteiger partial charge in [0.25, 0.3) is 0 Å². The van der Waals surface area contributed by atoms with Crippen LogP contribution in [0.1, 0.15) is 12.0 Å². The van der Waals surface area contributed by atoms with Gasteiger partial charge in [-0.2, -0.15) is 0 Å². The van der Waals surface area contributed by atoms with Gasteiger partial charge in [-0.05, 0) is 24.6 Å². The third-order valence-corrected chi connectivity index (χ3v) is 2.95. The van der Waals surface area contributed by atoms with Gasteiger partial charge in [0.1, 0.15) is 11.6 Å². The van der Waals surface area contributed by atoms with Gasteiger partial charge in [-0.1, -0.05) is 0 Å². The number of methoxy groups -OCH3 is 1. The highest BCUT2D eigenvalue weighted by molar-refractivity contribution is 5.33. The Morgan fingerprint density at radius 1 is 1.56 bits per heavy atom. The molecule has 4 heteroatoms. The Morgan fingerprint density at radius 3 is 3.00 bits per heavy atom. The molecule has 0 spiro atoms. The molecule has 2 rings (SSSR count). The van der Waals surface area contributed by atoms with E-state index in [1.807, 2.05) is 0 Å².